The van der Waals surface area contributed by atoms with Crippen molar-refractivity contribution in [3.63, 3.8) is 0 Å². The van der Waals surface area contributed by atoms with Gasteiger partial charge in [0.15, 0.2) is 0 Å². The SMILES string of the molecule is CC(C)C(=O)Nc1ccc2c(c1)CN(C(=O)C(N)Cc1ccc(Cl)cc1Cl)C2. The van der Waals surface area contributed by atoms with Crippen LogP contribution in [0.3, 0.4) is 0 Å². The number of anilines is 1. The minimum Gasteiger partial charge on any atom is -0.333 e. The van der Waals surface area contributed by atoms with E-state index >= 15 is 0 Å². The summed E-state index contributed by atoms with van der Waals surface area (Å²) in [6.45, 7) is 4.67. The number of carbonyl (C=O) groups excluding carboxylic acids is 2. The first-order chi connectivity index (χ1) is 13.2. The van der Waals surface area contributed by atoms with Crippen LogP contribution < -0.4 is 11.1 Å². The second-order valence-electron chi connectivity index (χ2n) is 7.37. The molecule has 5 nitrogen and oxygen atoms in total. The molecule has 0 fully saturated rings. The fourth-order valence-electron chi connectivity index (χ4n) is 3.16. The summed E-state index contributed by atoms with van der Waals surface area (Å²) >= 11 is 12.1. The van der Waals surface area contributed by atoms with Crippen LogP contribution in [-0.4, -0.2) is 22.8 Å². The number of fused-ring (bicyclic) bond motifs is 1. The molecule has 1 aliphatic heterocycles. The van der Waals surface area contributed by atoms with Gasteiger partial charge in [0.25, 0.3) is 0 Å². The molecule has 0 aromatic heterocycles. The van der Waals surface area contributed by atoms with Crippen LogP contribution in [0.2, 0.25) is 10.0 Å². The van der Waals surface area contributed by atoms with Crippen LogP contribution in [0.1, 0.15) is 30.5 Å². The van der Waals surface area contributed by atoms with Crippen LogP contribution in [0.25, 0.3) is 0 Å². The van der Waals surface area contributed by atoms with Gasteiger partial charge in [-0.1, -0.05) is 49.2 Å². The summed E-state index contributed by atoms with van der Waals surface area (Å²) in [5.41, 5.74) is 9.78. The number of halogens is 2. The molecule has 3 N–H and O–H groups in total. The van der Waals surface area contributed by atoms with Gasteiger partial charge in [0.1, 0.15) is 0 Å². The van der Waals surface area contributed by atoms with Crippen molar-refractivity contribution in [2.75, 3.05) is 5.32 Å². The highest BCUT2D eigenvalue weighted by atomic mass is 35.5. The van der Waals surface area contributed by atoms with Gasteiger partial charge < -0.3 is 16.0 Å². The van der Waals surface area contributed by atoms with Crippen molar-refractivity contribution in [1.29, 1.82) is 0 Å². The molecule has 1 unspecified atom stereocenters. The number of hydrogen-bond donors (Lipinski definition) is 2. The Morgan fingerprint density at radius 1 is 1.11 bits per heavy atom. The van der Waals surface area contributed by atoms with E-state index in [-0.39, 0.29) is 17.7 Å². The zero-order valence-electron chi connectivity index (χ0n) is 15.8. The van der Waals surface area contributed by atoms with Crippen LogP contribution >= 0.6 is 23.2 Å². The van der Waals surface area contributed by atoms with Gasteiger partial charge in [0.05, 0.1) is 6.04 Å². The second-order valence-corrected chi connectivity index (χ2v) is 8.21. The summed E-state index contributed by atoms with van der Waals surface area (Å²) < 4.78 is 0. The summed E-state index contributed by atoms with van der Waals surface area (Å²) in [7, 11) is 0. The lowest BCUT2D eigenvalue weighted by molar-refractivity contribution is -0.133. The number of nitrogens with two attached hydrogens (primary N) is 1. The minimum atomic E-state index is -0.687. The number of hydrogen-bond acceptors (Lipinski definition) is 3. The monoisotopic (exact) mass is 419 g/mol. The Balaban J connectivity index is 1.65. The fourth-order valence-corrected chi connectivity index (χ4v) is 3.65. The molecule has 1 atom stereocenters. The van der Waals surface area contributed by atoms with E-state index in [2.05, 4.69) is 5.32 Å². The maximum atomic E-state index is 12.8. The van der Waals surface area contributed by atoms with Crippen molar-refractivity contribution in [3.05, 3.63) is 63.1 Å². The summed E-state index contributed by atoms with van der Waals surface area (Å²) in [4.78, 5) is 26.4. The molecule has 0 aliphatic carbocycles. The number of amides is 2. The van der Waals surface area contributed by atoms with Crippen LogP contribution in [0.4, 0.5) is 5.69 Å². The van der Waals surface area contributed by atoms with E-state index in [4.69, 9.17) is 28.9 Å². The summed E-state index contributed by atoms with van der Waals surface area (Å²) in [5, 5.41) is 3.94. The molecule has 0 spiro atoms. The Kier molecular flexibility index (Phi) is 6.28. The average molecular weight is 420 g/mol. The van der Waals surface area contributed by atoms with Gasteiger partial charge in [-0.05, 0) is 47.4 Å². The smallest absolute Gasteiger partial charge is 0.240 e. The average Bonchev–Trinajstić information content (AvgIpc) is 3.06. The Bertz CT molecular complexity index is 915. The third-order valence-corrected chi connectivity index (χ3v) is 5.39. The van der Waals surface area contributed by atoms with Crippen molar-refractivity contribution in [2.45, 2.75) is 39.4 Å². The van der Waals surface area contributed by atoms with Gasteiger partial charge >= 0.3 is 0 Å². The fraction of sp³-hybridized carbons (Fsp3) is 0.333. The van der Waals surface area contributed by atoms with Gasteiger partial charge in [0.2, 0.25) is 11.8 Å². The maximum Gasteiger partial charge on any atom is 0.240 e. The molecule has 1 heterocycles. The summed E-state index contributed by atoms with van der Waals surface area (Å²) in [6.07, 6.45) is 0.345. The van der Waals surface area contributed by atoms with Gasteiger partial charge in [0, 0.05) is 34.7 Å². The van der Waals surface area contributed by atoms with Crippen molar-refractivity contribution >= 4 is 40.7 Å². The predicted octanol–water partition coefficient (Wildman–Crippen LogP) is 4.00. The third kappa shape index (κ3) is 4.66. The van der Waals surface area contributed by atoms with E-state index in [1.54, 1.807) is 23.1 Å². The molecule has 0 radical (unpaired) electrons. The molecule has 2 aromatic rings. The van der Waals surface area contributed by atoms with Crippen LogP contribution in [-0.2, 0) is 29.1 Å². The molecule has 2 amide bonds. The molecule has 2 aromatic carbocycles. The first-order valence-electron chi connectivity index (χ1n) is 9.15. The third-order valence-electron chi connectivity index (χ3n) is 4.80. The molecular formula is C21H23Cl2N3O2. The number of benzene rings is 2. The highest BCUT2D eigenvalue weighted by Crippen LogP contribution is 2.27. The van der Waals surface area contributed by atoms with Crippen LogP contribution in [0.5, 0.6) is 0 Å². The Hall–Kier alpha value is -2.08. The number of nitrogens with one attached hydrogen (secondary N) is 1. The van der Waals surface area contributed by atoms with E-state index in [0.717, 1.165) is 22.4 Å². The molecule has 148 valence electrons. The number of carbonyl (C=O) groups is 2. The Morgan fingerprint density at radius 3 is 2.50 bits per heavy atom. The van der Waals surface area contributed by atoms with Crippen molar-refractivity contribution in [3.8, 4) is 0 Å². The lowest BCUT2D eigenvalue weighted by atomic mass is 10.1. The standard InChI is InChI=1S/C21H23Cl2N3O2/c1-12(2)20(27)25-17-6-4-14-10-26(11-15(14)7-17)21(28)19(24)8-13-3-5-16(22)9-18(13)23/h3-7,9,12,19H,8,10-11,24H2,1-2H3,(H,25,27). The molecule has 0 saturated heterocycles. The zero-order valence-corrected chi connectivity index (χ0v) is 17.3. The number of rotatable bonds is 5. The van der Waals surface area contributed by atoms with Gasteiger partial charge in [-0.2, -0.15) is 0 Å². The topological polar surface area (TPSA) is 75.4 Å². The van der Waals surface area contributed by atoms with E-state index in [9.17, 15) is 9.59 Å². The van der Waals surface area contributed by atoms with Crippen molar-refractivity contribution in [1.82, 2.24) is 4.90 Å². The predicted molar refractivity (Wildman–Crippen MR) is 112 cm³/mol. The lowest BCUT2D eigenvalue weighted by Gasteiger charge is -2.20. The highest BCUT2D eigenvalue weighted by Gasteiger charge is 2.28. The molecule has 7 heteroatoms. The summed E-state index contributed by atoms with van der Waals surface area (Å²) in [5.74, 6) is -0.258. The number of nitrogens with zero attached hydrogens (tertiary/aromatic N) is 1. The normalized spacial score (nSPS) is 14.1. The maximum absolute atomic E-state index is 12.8. The van der Waals surface area contributed by atoms with E-state index in [0.29, 0.717) is 29.6 Å². The van der Waals surface area contributed by atoms with Gasteiger partial charge in [-0.15, -0.1) is 0 Å². The molecule has 1 aliphatic rings. The quantitative estimate of drug-likeness (QED) is 0.768. The first kappa shape index (κ1) is 20.6. The second kappa shape index (κ2) is 8.52. The van der Waals surface area contributed by atoms with E-state index in [1.165, 1.54) is 0 Å². The molecule has 0 bridgehead atoms. The highest BCUT2D eigenvalue weighted by molar-refractivity contribution is 6.35. The molecule has 28 heavy (non-hydrogen) atoms. The minimum absolute atomic E-state index is 0.0345. The first-order valence-corrected chi connectivity index (χ1v) is 9.91. The molecule has 3 rings (SSSR count). The van der Waals surface area contributed by atoms with Crippen molar-refractivity contribution in [2.24, 2.45) is 11.7 Å². The van der Waals surface area contributed by atoms with Crippen molar-refractivity contribution < 1.29 is 9.59 Å². The summed E-state index contributed by atoms with van der Waals surface area (Å²) in [6, 6.07) is 10.2. The Labute approximate surface area is 174 Å². The zero-order chi connectivity index (χ0) is 20.4. The van der Waals surface area contributed by atoms with Crippen LogP contribution in [0.15, 0.2) is 36.4 Å². The van der Waals surface area contributed by atoms with E-state index in [1.807, 2.05) is 32.0 Å². The molecule has 0 saturated carbocycles. The Morgan fingerprint density at radius 2 is 1.82 bits per heavy atom. The lowest BCUT2D eigenvalue weighted by Crippen LogP contribution is -2.42. The largest absolute Gasteiger partial charge is 0.333 e. The van der Waals surface area contributed by atoms with E-state index < -0.39 is 6.04 Å². The van der Waals surface area contributed by atoms with Gasteiger partial charge in [-0.25, -0.2) is 0 Å². The van der Waals surface area contributed by atoms with Crippen LogP contribution in [0, 0.1) is 5.92 Å². The van der Waals surface area contributed by atoms with Gasteiger partial charge in [-0.3, -0.25) is 9.59 Å². The molecular weight excluding hydrogens is 397 g/mol.